The first kappa shape index (κ1) is 18.9. The highest BCUT2D eigenvalue weighted by molar-refractivity contribution is 5.95. The predicted octanol–water partition coefficient (Wildman–Crippen LogP) is 3.94. The lowest BCUT2D eigenvalue weighted by molar-refractivity contribution is -0.919. The molecule has 1 unspecified atom stereocenters. The normalized spacial score (nSPS) is 18.6. The van der Waals surface area contributed by atoms with Gasteiger partial charge >= 0.3 is 0 Å². The van der Waals surface area contributed by atoms with Crippen molar-refractivity contribution in [3.63, 3.8) is 0 Å². The van der Waals surface area contributed by atoms with Crippen LogP contribution in [0.2, 0.25) is 0 Å². The van der Waals surface area contributed by atoms with Crippen LogP contribution in [0.1, 0.15) is 38.2 Å². The van der Waals surface area contributed by atoms with Crippen LogP contribution < -0.4 is 0 Å². The van der Waals surface area contributed by atoms with E-state index in [-0.39, 0.29) is 11.7 Å². The third-order valence-electron chi connectivity index (χ3n) is 5.01. The highest BCUT2D eigenvalue weighted by Crippen LogP contribution is 2.19. The molecule has 0 aliphatic carbocycles. The fraction of sp³-hybridized carbons (Fsp3) is 0.571. The molecule has 1 aromatic carbocycles. The zero-order chi connectivity index (χ0) is 17.3. The van der Waals surface area contributed by atoms with E-state index < -0.39 is 0 Å². The Labute approximate surface area is 146 Å². The van der Waals surface area contributed by atoms with Gasteiger partial charge in [0.15, 0.2) is 5.78 Å². The van der Waals surface area contributed by atoms with Crippen molar-refractivity contribution >= 4 is 11.9 Å². The van der Waals surface area contributed by atoms with Gasteiger partial charge in [-0.1, -0.05) is 62.6 Å². The number of morpholine rings is 1. The monoisotopic (exact) mass is 330 g/mol. The molecule has 0 N–H and O–H groups in total. The Bertz CT molecular complexity index is 518. The molecule has 3 heteroatoms. The average Bonchev–Trinajstić information content (AvgIpc) is 2.60. The van der Waals surface area contributed by atoms with Crippen molar-refractivity contribution in [2.24, 2.45) is 5.92 Å². The number of nitrogens with zero attached hydrogens (tertiary/aromatic N) is 1. The molecule has 0 amide bonds. The van der Waals surface area contributed by atoms with Gasteiger partial charge in [-0.25, -0.2) is 0 Å². The van der Waals surface area contributed by atoms with Crippen molar-refractivity contribution in [2.45, 2.75) is 32.6 Å². The van der Waals surface area contributed by atoms with Gasteiger partial charge in [0.1, 0.15) is 13.1 Å². The molecule has 1 aliphatic heterocycles. The Balaban J connectivity index is 2.00. The molecule has 0 bridgehead atoms. The Morgan fingerprint density at radius 2 is 1.92 bits per heavy atom. The zero-order valence-electron chi connectivity index (χ0n) is 15.2. The number of hydrogen-bond acceptors (Lipinski definition) is 2. The Kier molecular flexibility index (Phi) is 7.67. The fourth-order valence-electron chi connectivity index (χ4n) is 3.34. The Morgan fingerprint density at radius 3 is 2.58 bits per heavy atom. The second kappa shape index (κ2) is 9.75. The molecule has 1 fully saturated rings. The van der Waals surface area contributed by atoms with E-state index in [1.807, 2.05) is 36.4 Å². The minimum absolute atomic E-state index is 0.125. The molecule has 2 rings (SSSR count). The number of quaternary nitrogens is 1. The van der Waals surface area contributed by atoms with Crippen LogP contribution in [-0.4, -0.2) is 50.2 Å². The van der Waals surface area contributed by atoms with Crippen molar-refractivity contribution in [3.8, 4) is 0 Å². The van der Waals surface area contributed by atoms with Crippen LogP contribution in [0.4, 0.5) is 0 Å². The van der Waals surface area contributed by atoms with Crippen molar-refractivity contribution < 1.29 is 14.0 Å². The van der Waals surface area contributed by atoms with Crippen LogP contribution in [0.25, 0.3) is 6.08 Å². The van der Waals surface area contributed by atoms with Gasteiger partial charge in [0.05, 0.1) is 32.7 Å². The van der Waals surface area contributed by atoms with Gasteiger partial charge in [0.25, 0.3) is 0 Å². The van der Waals surface area contributed by atoms with E-state index in [2.05, 4.69) is 14.0 Å². The summed E-state index contributed by atoms with van der Waals surface area (Å²) in [5.74, 6) is 0.403. The topological polar surface area (TPSA) is 26.3 Å². The van der Waals surface area contributed by atoms with E-state index in [1.165, 1.54) is 12.8 Å². The largest absolute Gasteiger partial charge is 0.370 e. The van der Waals surface area contributed by atoms with E-state index in [4.69, 9.17) is 4.74 Å². The fourth-order valence-corrected chi connectivity index (χ4v) is 3.34. The molecule has 24 heavy (non-hydrogen) atoms. The number of allylic oxidation sites excluding steroid dienone is 1. The van der Waals surface area contributed by atoms with Crippen LogP contribution in [0.15, 0.2) is 36.4 Å². The van der Waals surface area contributed by atoms with Crippen molar-refractivity contribution in [2.75, 3.05) is 39.9 Å². The number of ether oxygens (including phenoxy) is 1. The molecule has 0 saturated carbocycles. The van der Waals surface area contributed by atoms with Gasteiger partial charge in [0.2, 0.25) is 0 Å². The summed E-state index contributed by atoms with van der Waals surface area (Å²) < 4.78 is 6.46. The highest BCUT2D eigenvalue weighted by atomic mass is 16.5. The molecular weight excluding hydrogens is 298 g/mol. The van der Waals surface area contributed by atoms with Crippen LogP contribution >= 0.6 is 0 Å². The number of ketones is 1. The summed E-state index contributed by atoms with van der Waals surface area (Å²) in [7, 11) is 2.27. The molecule has 0 aromatic heterocycles. The van der Waals surface area contributed by atoms with Crippen molar-refractivity contribution in [3.05, 3.63) is 42.0 Å². The van der Waals surface area contributed by atoms with Gasteiger partial charge in [-0.05, 0) is 18.1 Å². The van der Waals surface area contributed by atoms with E-state index in [0.29, 0.717) is 0 Å². The zero-order valence-corrected chi connectivity index (χ0v) is 15.2. The first-order valence-electron chi connectivity index (χ1n) is 9.31. The summed E-state index contributed by atoms with van der Waals surface area (Å²) in [4.78, 5) is 12.8. The van der Waals surface area contributed by atoms with Gasteiger partial charge in [-0.15, -0.1) is 0 Å². The minimum Gasteiger partial charge on any atom is -0.370 e. The summed E-state index contributed by atoms with van der Waals surface area (Å²) >= 11 is 0. The number of hydrogen-bond donors (Lipinski definition) is 0. The number of rotatable bonds is 9. The molecule has 1 atom stereocenters. The maximum Gasteiger partial charge on any atom is 0.164 e. The first-order valence-corrected chi connectivity index (χ1v) is 9.31. The van der Waals surface area contributed by atoms with Crippen molar-refractivity contribution in [1.29, 1.82) is 0 Å². The summed E-state index contributed by atoms with van der Waals surface area (Å²) in [5, 5.41) is 0. The van der Waals surface area contributed by atoms with Crippen LogP contribution in [0.3, 0.4) is 0 Å². The predicted molar refractivity (Wildman–Crippen MR) is 99.7 cm³/mol. The first-order chi connectivity index (χ1) is 11.6. The SMILES string of the molecule is CCCCCC(C[N+]1(C)CCOCC1)C(=O)C=Cc1ccccc1. The molecule has 0 spiro atoms. The maximum atomic E-state index is 12.8. The molecule has 1 aliphatic rings. The standard InChI is InChI=1S/C21H32NO2/c1-3-4-6-11-20(18-22(2)14-16-24-17-15-22)21(23)13-12-19-9-7-5-8-10-19/h5,7-10,12-13,20H,3-4,6,11,14-18H2,1-2H3/q+1. The van der Waals surface area contributed by atoms with Gasteiger partial charge in [-0.2, -0.15) is 0 Å². The molecule has 1 saturated heterocycles. The van der Waals surface area contributed by atoms with Gasteiger partial charge in [-0.3, -0.25) is 4.79 Å². The van der Waals surface area contributed by atoms with E-state index in [9.17, 15) is 4.79 Å². The summed E-state index contributed by atoms with van der Waals surface area (Å²) in [6.45, 7) is 6.80. The molecule has 3 nitrogen and oxygen atoms in total. The Morgan fingerprint density at radius 1 is 1.21 bits per heavy atom. The summed E-state index contributed by atoms with van der Waals surface area (Å²) in [6.07, 6.45) is 8.29. The number of likely N-dealkylation sites (N-methyl/N-ethyl adjacent to an activating group) is 1. The summed E-state index contributed by atoms with van der Waals surface area (Å²) in [6, 6.07) is 10.1. The molecule has 132 valence electrons. The number of benzene rings is 1. The second-order valence-corrected chi connectivity index (χ2v) is 7.20. The molecule has 0 radical (unpaired) electrons. The number of carbonyl (C=O) groups excluding carboxylic acids is 1. The third-order valence-corrected chi connectivity index (χ3v) is 5.01. The number of carbonyl (C=O) groups is 1. The lowest BCUT2D eigenvalue weighted by Crippen LogP contribution is -2.54. The van der Waals surface area contributed by atoms with E-state index >= 15 is 0 Å². The number of unbranched alkanes of at least 4 members (excludes halogenated alkanes) is 2. The lowest BCUT2D eigenvalue weighted by Gasteiger charge is -2.39. The van der Waals surface area contributed by atoms with Gasteiger partial charge in [0, 0.05) is 0 Å². The minimum atomic E-state index is 0.125. The molecule has 1 heterocycles. The lowest BCUT2D eigenvalue weighted by atomic mass is 9.94. The smallest absolute Gasteiger partial charge is 0.164 e. The summed E-state index contributed by atoms with van der Waals surface area (Å²) in [5.41, 5.74) is 1.09. The quantitative estimate of drug-likeness (QED) is 0.389. The van der Waals surface area contributed by atoms with E-state index in [0.717, 1.165) is 55.7 Å². The Hall–Kier alpha value is -1.45. The molecule has 1 aromatic rings. The van der Waals surface area contributed by atoms with E-state index in [1.54, 1.807) is 6.08 Å². The second-order valence-electron chi connectivity index (χ2n) is 7.20. The van der Waals surface area contributed by atoms with Crippen LogP contribution in [-0.2, 0) is 9.53 Å². The maximum absolute atomic E-state index is 12.8. The molecular formula is C21H32NO2+. The average molecular weight is 330 g/mol. The highest BCUT2D eigenvalue weighted by Gasteiger charge is 2.31. The van der Waals surface area contributed by atoms with Crippen molar-refractivity contribution in [1.82, 2.24) is 0 Å². The third kappa shape index (κ3) is 6.21. The van der Waals surface area contributed by atoms with Gasteiger partial charge < -0.3 is 9.22 Å². The van der Waals surface area contributed by atoms with Crippen LogP contribution in [0, 0.1) is 5.92 Å². The van der Waals surface area contributed by atoms with Crippen LogP contribution in [0.5, 0.6) is 0 Å².